The van der Waals surface area contributed by atoms with Gasteiger partial charge in [0.05, 0.1) is 11.7 Å². The van der Waals surface area contributed by atoms with Crippen molar-refractivity contribution in [2.75, 3.05) is 0 Å². The lowest BCUT2D eigenvalue weighted by atomic mass is 10.0. The molecule has 0 fully saturated rings. The summed E-state index contributed by atoms with van der Waals surface area (Å²) in [4.78, 5) is 4.67. The van der Waals surface area contributed by atoms with Crippen molar-refractivity contribution in [2.45, 2.75) is 39.2 Å². The molecule has 0 aliphatic heterocycles. The van der Waals surface area contributed by atoms with E-state index < -0.39 is 0 Å². The number of fused-ring (bicyclic) bond motifs is 2. The quantitative estimate of drug-likeness (QED) is 0.534. The predicted molar refractivity (Wildman–Crippen MR) is 101 cm³/mol. The van der Waals surface area contributed by atoms with Gasteiger partial charge in [0.2, 0.25) is 5.82 Å². The van der Waals surface area contributed by atoms with E-state index in [0.29, 0.717) is 17.8 Å². The normalized spacial score (nSPS) is 13.7. The SMILES string of the molecule is CC(C)n1ncc2cc(-c3nc(-c4cccc5c4CCC5)no3)ccc21. The summed E-state index contributed by atoms with van der Waals surface area (Å²) in [6.45, 7) is 4.26. The van der Waals surface area contributed by atoms with Crippen LogP contribution < -0.4 is 0 Å². The molecular weight excluding hydrogens is 324 g/mol. The van der Waals surface area contributed by atoms with E-state index in [1.807, 2.05) is 16.9 Å². The Morgan fingerprint density at radius 2 is 2.04 bits per heavy atom. The first-order valence-corrected chi connectivity index (χ1v) is 9.13. The fraction of sp³-hybridized carbons (Fsp3) is 0.286. The van der Waals surface area contributed by atoms with Gasteiger partial charge in [-0.05, 0) is 62.4 Å². The maximum Gasteiger partial charge on any atom is 0.258 e. The summed E-state index contributed by atoms with van der Waals surface area (Å²) in [5.74, 6) is 1.23. The van der Waals surface area contributed by atoms with E-state index in [-0.39, 0.29) is 0 Å². The number of hydrogen-bond acceptors (Lipinski definition) is 4. The van der Waals surface area contributed by atoms with Crippen molar-refractivity contribution >= 4 is 10.9 Å². The smallest absolute Gasteiger partial charge is 0.258 e. The van der Waals surface area contributed by atoms with Gasteiger partial charge in [-0.1, -0.05) is 23.4 Å². The van der Waals surface area contributed by atoms with Crippen molar-refractivity contribution in [3.63, 3.8) is 0 Å². The molecule has 2 aromatic heterocycles. The molecule has 0 spiro atoms. The van der Waals surface area contributed by atoms with E-state index in [4.69, 9.17) is 4.52 Å². The number of aromatic nitrogens is 4. The Morgan fingerprint density at radius 3 is 2.92 bits per heavy atom. The van der Waals surface area contributed by atoms with Gasteiger partial charge < -0.3 is 4.52 Å². The molecule has 0 bridgehead atoms. The molecule has 0 atom stereocenters. The van der Waals surface area contributed by atoms with Gasteiger partial charge in [-0.25, -0.2) is 0 Å². The molecule has 0 N–H and O–H groups in total. The van der Waals surface area contributed by atoms with Crippen molar-refractivity contribution < 1.29 is 4.52 Å². The third-order valence-corrected chi connectivity index (χ3v) is 5.14. The molecule has 0 amide bonds. The number of aryl methyl sites for hydroxylation is 1. The van der Waals surface area contributed by atoms with Crippen molar-refractivity contribution in [3.8, 4) is 22.8 Å². The second-order valence-electron chi connectivity index (χ2n) is 7.18. The summed E-state index contributed by atoms with van der Waals surface area (Å²) >= 11 is 0. The van der Waals surface area contributed by atoms with Gasteiger partial charge in [0.1, 0.15) is 0 Å². The lowest BCUT2D eigenvalue weighted by molar-refractivity contribution is 0.432. The Bertz CT molecular complexity index is 1110. The van der Waals surface area contributed by atoms with Crippen molar-refractivity contribution in [3.05, 3.63) is 53.7 Å². The van der Waals surface area contributed by atoms with Gasteiger partial charge in [0.25, 0.3) is 5.89 Å². The summed E-state index contributed by atoms with van der Waals surface area (Å²) in [5.41, 5.74) is 5.92. The van der Waals surface area contributed by atoms with Crippen LogP contribution in [0.5, 0.6) is 0 Å². The van der Waals surface area contributed by atoms with E-state index in [1.165, 1.54) is 17.5 Å². The highest BCUT2D eigenvalue weighted by atomic mass is 16.5. The minimum absolute atomic E-state index is 0.327. The molecule has 2 heterocycles. The molecule has 5 rings (SSSR count). The van der Waals surface area contributed by atoms with Crippen LogP contribution in [-0.4, -0.2) is 19.9 Å². The molecule has 5 nitrogen and oxygen atoms in total. The maximum atomic E-state index is 5.58. The Hall–Kier alpha value is -2.95. The Labute approximate surface area is 151 Å². The van der Waals surface area contributed by atoms with E-state index in [9.17, 15) is 0 Å². The first-order valence-electron chi connectivity index (χ1n) is 9.13. The summed E-state index contributed by atoms with van der Waals surface area (Å²) < 4.78 is 7.60. The topological polar surface area (TPSA) is 56.7 Å². The number of nitrogens with zero attached hydrogens (tertiary/aromatic N) is 4. The molecule has 1 aliphatic carbocycles. The zero-order valence-electron chi connectivity index (χ0n) is 14.9. The fourth-order valence-corrected chi connectivity index (χ4v) is 3.88. The summed E-state index contributed by atoms with van der Waals surface area (Å²) in [5, 5.41) is 9.80. The number of rotatable bonds is 3. The molecule has 130 valence electrons. The first-order chi connectivity index (χ1) is 12.7. The molecule has 26 heavy (non-hydrogen) atoms. The van der Waals surface area contributed by atoms with Crippen LogP contribution in [0.3, 0.4) is 0 Å². The van der Waals surface area contributed by atoms with Gasteiger partial charge in [-0.3, -0.25) is 4.68 Å². The highest BCUT2D eigenvalue weighted by Crippen LogP contribution is 2.32. The van der Waals surface area contributed by atoms with Gasteiger partial charge in [0.15, 0.2) is 0 Å². The van der Waals surface area contributed by atoms with E-state index >= 15 is 0 Å². The van der Waals surface area contributed by atoms with Crippen LogP contribution in [-0.2, 0) is 12.8 Å². The van der Waals surface area contributed by atoms with Crippen LogP contribution in [0.25, 0.3) is 33.7 Å². The van der Waals surface area contributed by atoms with Crippen LogP contribution in [0.15, 0.2) is 47.1 Å². The van der Waals surface area contributed by atoms with Gasteiger partial charge in [-0.2, -0.15) is 10.1 Å². The van der Waals surface area contributed by atoms with E-state index in [2.05, 4.69) is 59.4 Å². The summed E-state index contributed by atoms with van der Waals surface area (Å²) in [6.07, 6.45) is 5.33. The largest absolute Gasteiger partial charge is 0.334 e. The highest BCUT2D eigenvalue weighted by molar-refractivity contribution is 5.83. The van der Waals surface area contributed by atoms with Crippen LogP contribution in [0.2, 0.25) is 0 Å². The van der Waals surface area contributed by atoms with Crippen LogP contribution in [0.4, 0.5) is 0 Å². The Morgan fingerprint density at radius 1 is 1.12 bits per heavy atom. The monoisotopic (exact) mass is 344 g/mol. The Kier molecular flexibility index (Phi) is 3.42. The van der Waals surface area contributed by atoms with Gasteiger partial charge >= 0.3 is 0 Å². The maximum absolute atomic E-state index is 5.58. The minimum Gasteiger partial charge on any atom is -0.334 e. The van der Waals surface area contributed by atoms with Crippen LogP contribution >= 0.6 is 0 Å². The molecule has 5 heteroatoms. The van der Waals surface area contributed by atoms with Crippen LogP contribution in [0, 0.1) is 0 Å². The molecule has 0 unspecified atom stereocenters. The average Bonchev–Trinajstić information content (AvgIpc) is 3.38. The van der Waals surface area contributed by atoms with Crippen molar-refractivity contribution in [2.24, 2.45) is 0 Å². The fourth-order valence-electron chi connectivity index (χ4n) is 3.88. The standard InChI is InChI=1S/C21H20N4O/c1-13(2)25-19-10-9-15(11-16(19)12-22-25)21-23-20(24-26-21)18-8-4-6-14-5-3-7-17(14)18/h4,6,8-13H,3,5,7H2,1-2H3. The van der Waals surface area contributed by atoms with Crippen molar-refractivity contribution in [1.82, 2.24) is 19.9 Å². The zero-order valence-corrected chi connectivity index (χ0v) is 14.9. The van der Waals surface area contributed by atoms with Crippen molar-refractivity contribution in [1.29, 1.82) is 0 Å². The van der Waals surface area contributed by atoms with Gasteiger partial charge in [-0.15, -0.1) is 0 Å². The lowest BCUT2D eigenvalue weighted by Gasteiger charge is -2.06. The minimum atomic E-state index is 0.327. The number of benzene rings is 2. The number of hydrogen-bond donors (Lipinski definition) is 0. The second-order valence-corrected chi connectivity index (χ2v) is 7.18. The molecule has 0 saturated carbocycles. The summed E-state index contributed by atoms with van der Waals surface area (Å²) in [6, 6.07) is 12.9. The molecule has 0 radical (unpaired) electrons. The third kappa shape index (κ3) is 2.35. The van der Waals surface area contributed by atoms with E-state index in [1.54, 1.807) is 0 Å². The van der Waals surface area contributed by atoms with E-state index in [0.717, 1.165) is 34.9 Å². The molecule has 2 aromatic carbocycles. The zero-order chi connectivity index (χ0) is 17.7. The molecule has 4 aromatic rings. The Balaban J connectivity index is 1.55. The van der Waals surface area contributed by atoms with Gasteiger partial charge in [0, 0.05) is 22.6 Å². The lowest BCUT2D eigenvalue weighted by Crippen LogP contribution is -2.01. The average molecular weight is 344 g/mol. The van der Waals surface area contributed by atoms with Crippen LogP contribution in [0.1, 0.15) is 37.4 Å². The first kappa shape index (κ1) is 15.3. The highest BCUT2D eigenvalue weighted by Gasteiger charge is 2.19. The molecular formula is C21H20N4O. The predicted octanol–water partition coefficient (Wildman–Crippen LogP) is 4.82. The molecule has 0 saturated heterocycles. The second kappa shape index (κ2) is 5.80. The third-order valence-electron chi connectivity index (χ3n) is 5.14. The molecule has 1 aliphatic rings. The summed E-state index contributed by atoms with van der Waals surface area (Å²) in [7, 11) is 0.